The van der Waals surface area contributed by atoms with E-state index in [0.717, 1.165) is 0 Å². The highest BCUT2D eigenvalue weighted by Crippen LogP contribution is 2.08. The summed E-state index contributed by atoms with van der Waals surface area (Å²) >= 11 is 0. The van der Waals surface area contributed by atoms with E-state index in [4.69, 9.17) is 0 Å². The van der Waals surface area contributed by atoms with Crippen molar-refractivity contribution in [3.63, 3.8) is 0 Å². The van der Waals surface area contributed by atoms with Crippen LogP contribution in [0.5, 0.6) is 0 Å². The van der Waals surface area contributed by atoms with Crippen molar-refractivity contribution >= 4 is 17.2 Å². The summed E-state index contributed by atoms with van der Waals surface area (Å²) in [6.45, 7) is 1.77. The minimum atomic E-state index is -0.631. The smallest absolute Gasteiger partial charge is 0.251 e. The number of aromatic nitrogens is 4. The summed E-state index contributed by atoms with van der Waals surface area (Å²) in [5.41, 5.74) is 1.71. The van der Waals surface area contributed by atoms with Crippen LogP contribution in [-0.4, -0.2) is 31.1 Å². The molecule has 0 saturated carbocycles. The summed E-state index contributed by atoms with van der Waals surface area (Å²) in [7, 11) is 0. The number of nitrogens with zero attached hydrogens (tertiary/aromatic N) is 4. The Morgan fingerprint density at radius 3 is 2.75 bits per heavy atom. The van der Waals surface area contributed by atoms with Gasteiger partial charge in [-0.2, -0.15) is 5.10 Å². The number of pyridine rings is 2. The molecule has 0 aliphatic heterocycles. The number of hydrogen-bond acceptors (Lipinski definition) is 5. The summed E-state index contributed by atoms with van der Waals surface area (Å²) in [4.78, 5) is 32.3. The van der Waals surface area contributed by atoms with Gasteiger partial charge < -0.3 is 0 Å². The number of ketones is 2. The first-order chi connectivity index (χ1) is 9.65. The van der Waals surface area contributed by atoms with Crippen molar-refractivity contribution in [3.05, 3.63) is 59.8 Å². The van der Waals surface area contributed by atoms with Crippen LogP contribution in [0.25, 0.3) is 5.65 Å². The van der Waals surface area contributed by atoms with Gasteiger partial charge in [0.2, 0.25) is 5.78 Å². The van der Waals surface area contributed by atoms with Gasteiger partial charge in [-0.1, -0.05) is 6.07 Å². The summed E-state index contributed by atoms with van der Waals surface area (Å²) in [6.07, 6.45) is 2.87. The van der Waals surface area contributed by atoms with E-state index in [1.165, 1.54) is 23.1 Å². The SMILES string of the molecule is Cc1cccc(C(=O)C(=O)c2ccc3ncnn3c2)n1. The Morgan fingerprint density at radius 1 is 1.10 bits per heavy atom. The van der Waals surface area contributed by atoms with E-state index in [1.807, 2.05) is 0 Å². The molecule has 0 atom stereocenters. The molecule has 98 valence electrons. The van der Waals surface area contributed by atoms with E-state index in [1.54, 1.807) is 31.2 Å². The van der Waals surface area contributed by atoms with Crippen molar-refractivity contribution in [3.8, 4) is 0 Å². The molecule has 0 unspecified atom stereocenters. The molecule has 0 bridgehead atoms. The highest BCUT2D eigenvalue weighted by Gasteiger charge is 2.20. The van der Waals surface area contributed by atoms with Crippen LogP contribution in [0, 0.1) is 6.92 Å². The van der Waals surface area contributed by atoms with Gasteiger partial charge in [-0.3, -0.25) is 9.59 Å². The fourth-order valence-corrected chi connectivity index (χ4v) is 1.87. The Kier molecular flexibility index (Phi) is 2.83. The molecule has 6 nitrogen and oxygen atoms in total. The van der Waals surface area contributed by atoms with Gasteiger partial charge in [0.05, 0.1) is 0 Å². The second-order valence-corrected chi connectivity index (χ2v) is 4.30. The molecule has 6 heteroatoms. The molecule has 0 aliphatic rings. The highest BCUT2D eigenvalue weighted by atomic mass is 16.2. The van der Waals surface area contributed by atoms with Crippen LogP contribution in [0.2, 0.25) is 0 Å². The number of fused-ring (bicyclic) bond motifs is 1. The Morgan fingerprint density at radius 2 is 1.95 bits per heavy atom. The maximum absolute atomic E-state index is 12.2. The lowest BCUT2D eigenvalue weighted by atomic mass is 10.1. The lowest BCUT2D eigenvalue weighted by Crippen LogP contribution is -2.16. The van der Waals surface area contributed by atoms with E-state index in [9.17, 15) is 9.59 Å². The number of rotatable bonds is 3. The topological polar surface area (TPSA) is 77.2 Å². The molecule has 0 amide bonds. The molecule has 0 radical (unpaired) electrons. The highest BCUT2D eigenvalue weighted by molar-refractivity contribution is 6.48. The van der Waals surface area contributed by atoms with Gasteiger partial charge in [-0.15, -0.1) is 0 Å². The zero-order chi connectivity index (χ0) is 14.1. The molecule has 3 heterocycles. The molecule has 0 aromatic carbocycles. The lowest BCUT2D eigenvalue weighted by molar-refractivity contribution is 0.0813. The number of carbonyl (C=O) groups is 2. The molecule has 0 spiro atoms. The zero-order valence-electron chi connectivity index (χ0n) is 10.6. The van der Waals surface area contributed by atoms with Crippen molar-refractivity contribution in [2.75, 3.05) is 0 Å². The predicted molar refractivity (Wildman–Crippen MR) is 70.6 cm³/mol. The second kappa shape index (κ2) is 4.65. The van der Waals surface area contributed by atoms with Gasteiger partial charge >= 0.3 is 0 Å². The van der Waals surface area contributed by atoms with Crippen LogP contribution in [0.15, 0.2) is 42.9 Å². The number of hydrogen-bond donors (Lipinski definition) is 0. The zero-order valence-corrected chi connectivity index (χ0v) is 10.6. The van der Waals surface area contributed by atoms with E-state index < -0.39 is 11.6 Å². The summed E-state index contributed by atoms with van der Waals surface area (Å²) in [6, 6.07) is 8.19. The quantitative estimate of drug-likeness (QED) is 0.530. The number of aryl methyl sites for hydroxylation is 1. The molecule has 3 aromatic rings. The van der Waals surface area contributed by atoms with Crippen LogP contribution in [0.4, 0.5) is 0 Å². The third-order valence-electron chi connectivity index (χ3n) is 2.86. The van der Waals surface area contributed by atoms with Crippen molar-refractivity contribution in [1.82, 2.24) is 19.6 Å². The van der Waals surface area contributed by atoms with Crippen molar-refractivity contribution < 1.29 is 9.59 Å². The Hall–Kier alpha value is -2.89. The van der Waals surface area contributed by atoms with Gasteiger partial charge in [0.25, 0.3) is 5.78 Å². The Bertz CT molecular complexity index is 823. The first kappa shape index (κ1) is 12.2. The van der Waals surface area contributed by atoms with Gasteiger partial charge in [-0.25, -0.2) is 14.5 Å². The van der Waals surface area contributed by atoms with Gasteiger partial charge in [-0.05, 0) is 31.2 Å². The van der Waals surface area contributed by atoms with E-state index in [-0.39, 0.29) is 11.3 Å². The van der Waals surface area contributed by atoms with Crippen LogP contribution < -0.4 is 0 Å². The Labute approximate surface area is 114 Å². The molecule has 0 saturated heterocycles. The Balaban J connectivity index is 1.97. The average Bonchev–Trinajstić information content (AvgIpc) is 2.93. The van der Waals surface area contributed by atoms with Gasteiger partial charge in [0, 0.05) is 17.5 Å². The second-order valence-electron chi connectivity index (χ2n) is 4.30. The van der Waals surface area contributed by atoms with E-state index in [0.29, 0.717) is 11.3 Å². The largest absolute Gasteiger partial charge is 0.285 e. The number of carbonyl (C=O) groups excluding carboxylic acids is 2. The molecule has 0 aliphatic carbocycles. The van der Waals surface area contributed by atoms with Crippen molar-refractivity contribution in [2.45, 2.75) is 6.92 Å². The molecule has 0 fully saturated rings. The van der Waals surface area contributed by atoms with Crippen LogP contribution in [0.1, 0.15) is 26.5 Å². The first-order valence-electron chi connectivity index (χ1n) is 5.97. The lowest BCUT2D eigenvalue weighted by Gasteiger charge is -2.01. The van der Waals surface area contributed by atoms with Crippen LogP contribution in [-0.2, 0) is 0 Å². The maximum atomic E-state index is 12.2. The fourth-order valence-electron chi connectivity index (χ4n) is 1.87. The summed E-state index contributed by atoms with van der Waals surface area (Å²) in [5, 5.41) is 3.93. The van der Waals surface area contributed by atoms with Gasteiger partial charge in [0.1, 0.15) is 12.0 Å². The molecule has 0 N–H and O–H groups in total. The minimum Gasteiger partial charge on any atom is -0.285 e. The fraction of sp³-hybridized carbons (Fsp3) is 0.0714. The van der Waals surface area contributed by atoms with Crippen LogP contribution in [0.3, 0.4) is 0 Å². The van der Waals surface area contributed by atoms with Crippen molar-refractivity contribution in [1.29, 1.82) is 0 Å². The normalized spacial score (nSPS) is 10.7. The molecular formula is C14H10N4O2. The monoisotopic (exact) mass is 266 g/mol. The third kappa shape index (κ3) is 2.07. The molecular weight excluding hydrogens is 256 g/mol. The average molecular weight is 266 g/mol. The first-order valence-corrected chi connectivity index (χ1v) is 5.97. The van der Waals surface area contributed by atoms with Crippen LogP contribution >= 0.6 is 0 Å². The summed E-state index contributed by atoms with van der Waals surface area (Å²) in [5.74, 6) is -1.24. The van der Waals surface area contributed by atoms with E-state index in [2.05, 4.69) is 15.1 Å². The molecule has 3 aromatic heterocycles. The van der Waals surface area contributed by atoms with Gasteiger partial charge in [0.15, 0.2) is 5.65 Å². The third-order valence-corrected chi connectivity index (χ3v) is 2.86. The maximum Gasteiger partial charge on any atom is 0.251 e. The molecule has 20 heavy (non-hydrogen) atoms. The molecule has 3 rings (SSSR count). The number of Topliss-reactive ketones (excluding diaryl/α,β-unsaturated/α-hetero) is 2. The standard InChI is InChI=1S/C14H10N4O2/c1-9-3-2-4-11(17-9)14(20)13(19)10-5-6-12-15-8-16-18(12)7-10/h2-8H,1H3. The predicted octanol–water partition coefficient (Wildman–Crippen LogP) is 1.50. The van der Waals surface area contributed by atoms with Crippen molar-refractivity contribution in [2.24, 2.45) is 0 Å². The summed E-state index contributed by atoms with van der Waals surface area (Å²) < 4.78 is 1.45. The minimum absolute atomic E-state index is 0.147. The van der Waals surface area contributed by atoms with E-state index >= 15 is 0 Å².